The summed E-state index contributed by atoms with van der Waals surface area (Å²) in [6.07, 6.45) is 5.84. The molecule has 32 heavy (non-hydrogen) atoms. The molecule has 0 radical (unpaired) electrons. The van der Waals surface area contributed by atoms with Gasteiger partial charge in [-0.2, -0.15) is 0 Å². The van der Waals surface area contributed by atoms with E-state index in [4.69, 9.17) is 16.3 Å². The van der Waals surface area contributed by atoms with E-state index in [-0.39, 0.29) is 16.8 Å². The van der Waals surface area contributed by atoms with Crippen molar-refractivity contribution in [2.45, 2.75) is 25.4 Å². The van der Waals surface area contributed by atoms with Crippen LogP contribution < -0.4 is 10.2 Å². The lowest BCUT2D eigenvalue weighted by atomic mass is 10.0. The quantitative estimate of drug-likeness (QED) is 0.675. The highest BCUT2D eigenvalue weighted by molar-refractivity contribution is 7.93. The van der Waals surface area contributed by atoms with Crippen molar-refractivity contribution < 1.29 is 22.3 Å². The number of anilines is 1. The number of carbonyl (C=O) groups excluding carboxylic acids is 1. The minimum atomic E-state index is -3.28. The molecule has 1 aliphatic heterocycles. The maximum Gasteiger partial charge on any atom is 0.271 e. The molecule has 1 N–H and O–H groups in total. The predicted molar refractivity (Wildman–Crippen MR) is 120 cm³/mol. The van der Waals surface area contributed by atoms with Gasteiger partial charge >= 0.3 is 0 Å². The number of nitrogens with one attached hydrogen (secondary N) is 1. The first-order valence-corrected chi connectivity index (χ1v) is 12.3. The van der Waals surface area contributed by atoms with Gasteiger partial charge in [0.25, 0.3) is 5.91 Å². The second-order valence-electron chi connectivity index (χ2n) is 7.43. The zero-order chi connectivity index (χ0) is 23.3. The number of amides is 1. The second kappa shape index (κ2) is 10.4. The Kier molecular flexibility index (Phi) is 7.81. The van der Waals surface area contributed by atoms with Gasteiger partial charge in [0.2, 0.25) is 0 Å². The van der Waals surface area contributed by atoms with Crippen LogP contribution in [0.1, 0.15) is 35.4 Å². The molecule has 0 bridgehead atoms. The van der Waals surface area contributed by atoms with E-state index >= 15 is 0 Å². The number of aromatic nitrogens is 2. The van der Waals surface area contributed by atoms with Crippen molar-refractivity contribution in [2.24, 2.45) is 0 Å². The third-order valence-corrected chi connectivity index (χ3v) is 5.92. The number of benzene rings is 1. The fourth-order valence-electron chi connectivity index (χ4n) is 3.32. The Bertz CT molecular complexity index is 1100. The zero-order valence-electron chi connectivity index (χ0n) is 17.7. The molecular weight excluding hydrogens is 459 g/mol. The van der Waals surface area contributed by atoms with E-state index in [1.807, 2.05) is 4.90 Å². The molecule has 3 rings (SSSR count). The van der Waals surface area contributed by atoms with Gasteiger partial charge in [0.1, 0.15) is 17.3 Å². The Labute approximate surface area is 191 Å². The molecule has 172 valence electrons. The minimum absolute atomic E-state index is 0.0597. The SMILES string of the molecule is C[C@H](/C=C/S(C)(=O)=O)NC(=O)c1cnc(N2CCOCC[C@H]2c2cccc(F)c2Cl)cn1. The first-order chi connectivity index (χ1) is 15.2. The number of hydrogen-bond acceptors (Lipinski definition) is 7. The van der Waals surface area contributed by atoms with E-state index in [1.54, 1.807) is 19.1 Å². The summed E-state index contributed by atoms with van der Waals surface area (Å²) in [5.74, 6) is -0.479. The number of rotatable bonds is 6. The van der Waals surface area contributed by atoms with Crippen LogP contribution in [0.15, 0.2) is 42.1 Å². The van der Waals surface area contributed by atoms with Crippen molar-refractivity contribution in [3.8, 4) is 0 Å². The van der Waals surface area contributed by atoms with Crippen LogP contribution in [0.5, 0.6) is 0 Å². The highest BCUT2D eigenvalue weighted by Crippen LogP contribution is 2.35. The number of halogens is 2. The zero-order valence-corrected chi connectivity index (χ0v) is 19.2. The van der Waals surface area contributed by atoms with Gasteiger partial charge in [-0.25, -0.2) is 22.8 Å². The molecule has 1 aromatic heterocycles. The molecule has 2 heterocycles. The van der Waals surface area contributed by atoms with Crippen LogP contribution in [0.25, 0.3) is 0 Å². The fourth-order valence-corrected chi connectivity index (χ4v) is 4.10. The lowest BCUT2D eigenvalue weighted by molar-refractivity contribution is 0.0941. The van der Waals surface area contributed by atoms with Crippen LogP contribution in [-0.4, -0.2) is 56.3 Å². The van der Waals surface area contributed by atoms with Crippen LogP contribution >= 0.6 is 11.6 Å². The molecule has 0 saturated carbocycles. The van der Waals surface area contributed by atoms with Crippen LogP contribution in [0.4, 0.5) is 10.2 Å². The molecular formula is C21H24ClFN4O4S. The Balaban J connectivity index is 1.79. The number of nitrogens with zero attached hydrogens (tertiary/aromatic N) is 3. The number of ether oxygens (including phenoxy) is 1. The van der Waals surface area contributed by atoms with E-state index in [0.717, 1.165) is 11.7 Å². The second-order valence-corrected chi connectivity index (χ2v) is 9.74. The minimum Gasteiger partial charge on any atom is -0.380 e. The molecule has 1 fully saturated rings. The first kappa shape index (κ1) is 24.1. The normalized spacial score (nSPS) is 18.4. The molecule has 1 aliphatic rings. The summed E-state index contributed by atoms with van der Waals surface area (Å²) in [4.78, 5) is 22.9. The van der Waals surface area contributed by atoms with Crippen LogP contribution in [0.3, 0.4) is 0 Å². The lowest BCUT2D eigenvalue weighted by Crippen LogP contribution is -2.33. The Hall–Kier alpha value is -2.56. The van der Waals surface area contributed by atoms with Crippen LogP contribution in [0, 0.1) is 5.82 Å². The first-order valence-electron chi connectivity index (χ1n) is 9.95. The molecule has 11 heteroatoms. The van der Waals surface area contributed by atoms with Gasteiger partial charge in [0, 0.05) is 30.9 Å². The highest BCUT2D eigenvalue weighted by Gasteiger charge is 2.27. The summed E-state index contributed by atoms with van der Waals surface area (Å²) < 4.78 is 42.0. The maximum atomic E-state index is 14.0. The summed E-state index contributed by atoms with van der Waals surface area (Å²) in [6.45, 7) is 3.08. The van der Waals surface area contributed by atoms with E-state index in [2.05, 4.69) is 15.3 Å². The standard InChI is InChI=1S/C21H24ClFN4O4S/c1-14(7-11-32(2,29)30)26-21(28)17-12-25-19(13-24-17)27-8-10-31-9-6-18(27)15-4-3-5-16(23)20(15)22/h3-5,7,11-14,18H,6,8-10H2,1-2H3,(H,26,28)/b11-7+/t14-,18+/m1/s1. The number of sulfone groups is 1. The Morgan fingerprint density at radius 3 is 2.81 bits per heavy atom. The van der Waals surface area contributed by atoms with Crippen molar-refractivity contribution >= 4 is 33.2 Å². The van der Waals surface area contributed by atoms with Gasteiger partial charge in [-0.05, 0) is 25.0 Å². The van der Waals surface area contributed by atoms with Crippen molar-refractivity contribution in [3.05, 3.63) is 64.2 Å². The fraction of sp³-hybridized carbons (Fsp3) is 0.381. The van der Waals surface area contributed by atoms with Crippen molar-refractivity contribution in [1.29, 1.82) is 0 Å². The summed E-state index contributed by atoms with van der Waals surface area (Å²) in [5, 5.41) is 3.73. The highest BCUT2D eigenvalue weighted by atomic mass is 35.5. The average Bonchev–Trinajstić information content (AvgIpc) is 3.00. The molecule has 2 aromatic rings. The average molecular weight is 483 g/mol. The Morgan fingerprint density at radius 1 is 1.34 bits per heavy atom. The number of hydrogen-bond donors (Lipinski definition) is 1. The summed E-state index contributed by atoms with van der Waals surface area (Å²) in [6, 6.07) is 3.91. The van der Waals surface area contributed by atoms with E-state index in [1.165, 1.54) is 24.5 Å². The third kappa shape index (κ3) is 6.24. The lowest BCUT2D eigenvalue weighted by Gasteiger charge is -2.31. The monoisotopic (exact) mass is 482 g/mol. The van der Waals surface area contributed by atoms with Crippen molar-refractivity contribution in [2.75, 3.05) is 30.9 Å². The molecule has 8 nitrogen and oxygen atoms in total. The summed E-state index contributed by atoms with van der Waals surface area (Å²) in [5.41, 5.74) is 0.715. The molecule has 1 amide bonds. The molecule has 1 saturated heterocycles. The molecule has 1 aromatic carbocycles. The van der Waals surface area contributed by atoms with Gasteiger partial charge in [0.05, 0.1) is 30.1 Å². The van der Waals surface area contributed by atoms with Crippen molar-refractivity contribution in [3.63, 3.8) is 0 Å². The molecule has 0 unspecified atom stereocenters. The predicted octanol–water partition coefficient (Wildman–Crippen LogP) is 2.91. The Morgan fingerprint density at radius 2 is 2.12 bits per heavy atom. The summed E-state index contributed by atoms with van der Waals surface area (Å²) >= 11 is 6.23. The topological polar surface area (TPSA) is 101 Å². The largest absolute Gasteiger partial charge is 0.380 e. The van der Waals surface area contributed by atoms with Crippen LogP contribution in [-0.2, 0) is 14.6 Å². The van der Waals surface area contributed by atoms with E-state index in [0.29, 0.717) is 37.6 Å². The molecule has 0 spiro atoms. The number of carbonyl (C=O) groups is 1. The maximum absolute atomic E-state index is 14.0. The van der Waals surface area contributed by atoms with Gasteiger partial charge in [-0.3, -0.25) is 4.79 Å². The van der Waals surface area contributed by atoms with Gasteiger partial charge in [-0.15, -0.1) is 0 Å². The van der Waals surface area contributed by atoms with E-state index < -0.39 is 27.6 Å². The van der Waals surface area contributed by atoms with Gasteiger partial charge < -0.3 is 15.0 Å². The van der Waals surface area contributed by atoms with Gasteiger partial charge in [-0.1, -0.05) is 29.8 Å². The smallest absolute Gasteiger partial charge is 0.271 e. The van der Waals surface area contributed by atoms with Crippen LogP contribution in [0.2, 0.25) is 5.02 Å². The third-order valence-electron chi connectivity index (χ3n) is 4.87. The molecule has 2 atom stereocenters. The van der Waals surface area contributed by atoms with Crippen molar-refractivity contribution in [1.82, 2.24) is 15.3 Å². The van der Waals surface area contributed by atoms with Gasteiger partial charge in [0.15, 0.2) is 9.84 Å². The molecule has 0 aliphatic carbocycles. The summed E-state index contributed by atoms with van der Waals surface area (Å²) in [7, 11) is -3.28. The van der Waals surface area contributed by atoms with E-state index in [9.17, 15) is 17.6 Å².